The maximum Gasteiger partial charge on any atom is 0.223 e. The summed E-state index contributed by atoms with van der Waals surface area (Å²) in [5.41, 5.74) is 1.31. The van der Waals surface area contributed by atoms with E-state index in [0.717, 1.165) is 38.9 Å². The number of hydrogen-bond acceptors (Lipinski definition) is 2. The maximum absolute atomic E-state index is 12.4. The molecule has 2 unspecified atom stereocenters. The molecule has 1 N–H and O–H groups in total. The second-order valence-corrected chi connectivity index (χ2v) is 6.40. The Labute approximate surface area is 133 Å². The smallest absolute Gasteiger partial charge is 0.223 e. The minimum atomic E-state index is 0.167. The van der Waals surface area contributed by atoms with Crippen LogP contribution >= 0.6 is 0 Å². The van der Waals surface area contributed by atoms with Gasteiger partial charge >= 0.3 is 0 Å². The number of benzene rings is 1. The van der Waals surface area contributed by atoms with Crippen LogP contribution < -0.4 is 5.32 Å². The zero-order valence-corrected chi connectivity index (χ0v) is 13.2. The Kier molecular flexibility index (Phi) is 5.28. The molecule has 1 fully saturated rings. The Morgan fingerprint density at radius 2 is 1.95 bits per heavy atom. The quantitative estimate of drug-likeness (QED) is 0.846. The summed E-state index contributed by atoms with van der Waals surface area (Å²) in [6, 6.07) is 10.9. The largest absolute Gasteiger partial charge is 0.354 e. The van der Waals surface area contributed by atoms with E-state index in [1.807, 2.05) is 0 Å². The number of allylic oxidation sites excluding steroid dienone is 2. The van der Waals surface area contributed by atoms with Crippen LogP contribution in [0.4, 0.5) is 0 Å². The molecule has 1 saturated heterocycles. The first-order valence-electron chi connectivity index (χ1n) is 8.56. The first-order valence-corrected chi connectivity index (χ1v) is 8.56. The lowest BCUT2D eigenvalue weighted by molar-refractivity contribution is -0.125. The van der Waals surface area contributed by atoms with Crippen molar-refractivity contribution in [3.8, 4) is 0 Å². The SMILES string of the molecule is O=C(NCC(c1ccccc1)N1CCCC1)C1CC=CCC1. The van der Waals surface area contributed by atoms with Crippen LogP contribution in [-0.4, -0.2) is 30.4 Å². The lowest BCUT2D eigenvalue weighted by Gasteiger charge is -2.29. The van der Waals surface area contributed by atoms with Gasteiger partial charge in [-0.3, -0.25) is 9.69 Å². The fourth-order valence-corrected chi connectivity index (χ4v) is 3.56. The zero-order chi connectivity index (χ0) is 15.2. The Morgan fingerprint density at radius 1 is 1.18 bits per heavy atom. The summed E-state index contributed by atoms with van der Waals surface area (Å²) >= 11 is 0. The molecule has 1 amide bonds. The van der Waals surface area contributed by atoms with Gasteiger partial charge in [-0.05, 0) is 50.8 Å². The summed E-state index contributed by atoms with van der Waals surface area (Å²) < 4.78 is 0. The zero-order valence-electron chi connectivity index (χ0n) is 13.2. The molecule has 3 heteroatoms. The van der Waals surface area contributed by atoms with Crippen molar-refractivity contribution in [1.29, 1.82) is 0 Å². The van der Waals surface area contributed by atoms with Crippen molar-refractivity contribution in [3.63, 3.8) is 0 Å². The van der Waals surface area contributed by atoms with Gasteiger partial charge in [0, 0.05) is 12.5 Å². The van der Waals surface area contributed by atoms with Crippen LogP contribution in [0.5, 0.6) is 0 Å². The molecule has 1 aliphatic heterocycles. The van der Waals surface area contributed by atoms with E-state index in [1.54, 1.807) is 0 Å². The van der Waals surface area contributed by atoms with Crippen molar-refractivity contribution >= 4 is 5.91 Å². The van der Waals surface area contributed by atoms with Gasteiger partial charge in [-0.1, -0.05) is 42.5 Å². The third-order valence-electron chi connectivity index (χ3n) is 4.88. The number of nitrogens with one attached hydrogen (secondary N) is 1. The summed E-state index contributed by atoms with van der Waals surface area (Å²) in [5.74, 6) is 0.393. The third kappa shape index (κ3) is 3.77. The van der Waals surface area contributed by atoms with Crippen LogP contribution in [0.1, 0.15) is 43.7 Å². The van der Waals surface area contributed by atoms with Crippen molar-refractivity contribution < 1.29 is 4.79 Å². The van der Waals surface area contributed by atoms with Crippen LogP contribution in [0.25, 0.3) is 0 Å². The molecule has 0 saturated carbocycles. The van der Waals surface area contributed by atoms with Crippen LogP contribution in [0.15, 0.2) is 42.5 Å². The minimum absolute atomic E-state index is 0.167. The third-order valence-corrected chi connectivity index (χ3v) is 4.88. The molecule has 0 bridgehead atoms. The number of amides is 1. The number of hydrogen-bond donors (Lipinski definition) is 1. The van der Waals surface area contributed by atoms with E-state index in [9.17, 15) is 4.79 Å². The predicted molar refractivity (Wildman–Crippen MR) is 89.5 cm³/mol. The highest BCUT2D eigenvalue weighted by atomic mass is 16.1. The van der Waals surface area contributed by atoms with Crippen molar-refractivity contribution in [2.75, 3.05) is 19.6 Å². The highest BCUT2D eigenvalue weighted by molar-refractivity contribution is 5.79. The van der Waals surface area contributed by atoms with Crippen LogP contribution in [0, 0.1) is 5.92 Å². The van der Waals surface area contributed by atoms with Gasteiger partial charge in [-0.15, -0.1) is 0 Å². The highest BCUT2D eigenvalue weighted by Crippen LogP contribution is 2.25. The first kappa shape index (κ1) is 15.3. The molecular formula is C19H26N2O. The van der Waals surface area contributed by atoms with Crippen LogP contribution in [0.2, 0.25) is 0 Å². The van der Waals surface area contributed by atoms with Gasteiger partial charge in [0.15, 0.2) is 0 Å². The fraction of sp³-hybridized carbons (Fsp3) is 0.526. The van der Waals surface area contributed by atoms with Crippen molar-refractivity contribution in [2.24, 2.45) is 5.92 Å². The number of likely N-dealkylation sites (tertiary alicyclic amines) is 1. The van der Waals surface area contributed by atoms with E-state index in [2.05, 4.69) is 52.7 Å². The van der Waals surface area contributed by atoms with Crippen molar-refractivity contribution in [1.82, 2.24) is 10.2 Å². The summed E-state index contributed by atoms with van der Waals surface area (Å²) in [6.45, 7) is 3.01. The average Bonchev–Trinajstić information content (AvgIpc) is 3.11. The summed E-state index contributed by atoms with van der Waals surface area (Å²) in [6.07, 6.45) is 9.78. The molecule has 2 aliphatic rings. The fourth-order valence-electron chi connectivity index (χ4n) is 3.56. The minimum Gasteiger partial charge on any atom is -0.354 e. The molecule has 1 aromatic carbocycles. The molecule has 3 nitrogen and oxygen atoms in total. The molecule has 1 heterocycles. The van der Waals surface area contributed by atoms with E-state index < -0.39 is 0 Å². The lowest BCUT2D eigenvalue weighted by Crippen LogP contribution is -2.39. The second kappa shape index (κ2) is 7.59. The molecule has 1 aromatic rings. The molecule has 1 aliphatic carbocycles. The molecule has 22 heavy (non-hydrogen) atoms. The normalized spacial score (nSPS) is 23.4. The Bertz CT molecular complexity index is 505. The van der Waals surface area contributed by atoms with Gasteiger partial charge in [0.2, 0.25) is 5.91 Å². The molecule has 2 atom stereocenters. The molecule has 0 aromatic heterocycles. The Hall–Kier alpha value is -1.61. The summed E-state index contributed by atoms with van der Waals surface area (Å²) in [5, 5.41) is 3.21. The number of nitrogens with zero attached hydrogens (tertiary/aromatic N) is 1. The summed E-state index contributed by atoms with van der Waals surface area (Å²) in [4.78, 5) is 14.9. The van der Waals surface area contributed by atoms with E-state index >= 15 is 0 Å². The van der Waals surface area contributed by atoms with Gasteiger partial charge < -0.3 is 5.32 Å². The van der Waals surface area contributed by atoms with Gasteiger partial charge in [0.25, 0.3) is 0 Å². The van der Waals surface area contributed by atoms with Crippen molar-refractivity contribution in [3.05, 3.63) is 48.0 Å². The molecule has 0 radical (unpaired) electrons. The Balaban J connectivity index is 1.62. The number of carbonyl (C=O) groups excluding carboxylic acids is 1. The van der Waals surface area contributed by atoms with E-state index in [-0.39, 0.29) is 11.8 Å². The second-order valence-electron chi connectivity index (χ2n) is 6.40. The molecule has 3 rings (SSSR count). The van der Waals surface area contributed by atoms with Gasteiger partial charge in [-0.25, -0.2) is 0 Å². The maximum atomic E-state index is 12.4. The number of rotatable bonds is 5. The average molecular weight is 298 g/mol. The Morgan fingerprint density at radius 3 is 2.64 bits per heavy atom. The van der Waals surface area contributed by atoms with E-state index in [4.69, 9.17) is 0 Å². The molecular weight excluding hydrogens is 272 g/mol. The number of carbonyl (C=O) groups is 1. The molecule has 0 spiro atoms. The van der Waals surface area contributed by atoms with Crippen LogP contribution in [0.3, 0.4) is 0 Å². The highest BCUT2D eigenvalue weighted by Gasteiger charge is 2.25. The molecule has 118 valence electrons. The summed E-state index contributed by atoms with van der Waals surface area (Å²) in [7, 11) is 0. The monoisotopic (exact) mass is 298 g/mol. The van der Waals surface area contributed by atoms with Gasteiger partial charge in [0.05, 0.1) is 6.04 Å². The first-order chi connectivity index (χ1) is 10.8. The van der Waals surface area contributed by atoms with E-state index in [0.29, 0.717) is 6.04 Å². The van der Waals surface area contributed by atoms with Crippen LogP contribution in [-0.2, 0) is 4.79 Å². The predicted octanol–water partition coefficient (Wildman–Crippen LogP) is 3.30. The standard InChI is InChI=1S/C19H26N2O/c22-19(17-11-5-2-6-12-17)20-15-18(21-13-7-8-14-21)16-9-3-1-4-10-16/h1-5,9-10,17-18H,6-8,11-15H2,(H,20,22). The van der Waals surface area contributed by atoms with E-state index in [1.165, 1.54) is 18.4 Å². The van der Waals surface area contributed by atoms with Gasteiger partial charge in [-0.2, -0.15) is 0 Å². The van der Waals surface area contributed by atoms with Gasteiger partial charge in [0.1, 0.15) is 0 Å². The van der Waals surface area contributed by atoms with Crippen molar-refractivity contribution in [2.45, 2.75) is 38.1 Å². The lowest BCUT2D eigenvalue weighted by atomic mass is 9.93. The topological polar surface area (TPSA) is 32.3 Å².